The molecule has 0 aliphatic carbocycles. The van der Waals surface area contributed by atoms with Crippen LogP contribution in [0.3, 0.4) is 0 Å². The van der Waals surface area contributed by atoms with Crippen molar-refractivity contribution >= 4 is 11.7 Å². The molecule has 0 aliphatic rings. The first-order chi connectivity index (χ1) is 5.85. The zero-order chi connectivity index (χ0) is 10.5. The van der Waals surface area contributed by atoms with Crippen molar-refractivity contribution in [3.05, 3.63) is 0 Å². The molecule has 4 nitrogen and oxygen atoms in total. The van der Waals surface area contributed by atoms with Crippen molar-refractivity contribution in [3.8, 4) is 0 Å². The first kappa shape index (κ1) is 12.1. The molecule has 0 heterocycles. The van der Waals surface area contributed by atoms with Crippen LogP contribution in [-0.4, -0.2) is 29.9 Å². The van der Waals surface area contributed by atoms with E-state index in [0.717, 1.165) is 0 Å². The number of hydrogen-bond acceptors (Lipinski definition) is 3. The van der Waals surface area contributed by atoms with Gasteiger partial charge in [0, 0.05) is 6.54 Å². The molecule has 0 rings (SSSR count). The number of ketones is 1. The molecule has 0 aromatic heterocycles. The van der Waals surface area contributed by atoms with Gasteiger partial charge in [-0.3, -0.25) is 9.59 Å². The van der Waals surface area contributed by atoms with Gasteiger partial charge in [0.1, 0.15) is 6.61 Å². The minimum Gasteiger partial charge on any atom is -0.389 e. The molecule has 0 fully saturated rings. The number of aliphatic hydroxyl groups excluding tert-OH is 1. The van der Waals surface area contributed by atoms with Crippen LogP contribution in [0.25, 0.3) is 0 Å². The topological polar surface area (TPSA) is 66.4 Å². The molecule has 0 atom stereocenters. The van der Waals surface area contributed by atoms with Gasteiger partial charge in [-0.1, -0.05) is 20.8 Å². The highest BCUT2D eigenvalue weighted by Crippen LogP contribution is 2.10. The van der Waals surface area contributed by atoms with Crippen molar-refractivity contribution in [1.29, 1.82) is 0 Å². The first-order valence-corrected chi connectivity index (χ1v) is 4.24. The quantitative estimate of drug-likeness (QED) is 0.613. The Labute approximate surface area is 78.3 Å². The molecule has 0 aliphatic heterocycles. The highest BCUT2D eigenvalue weighted by atomic mass is 16.3. The van der Waals surface area contributed by atoms with E-state index >= 15 is 0 Å². The van der Waals surface area contributed by atoms with E-state index in [1.807, 2.05) is 20.8 Å². The van der Waals surface area contributed by atoms with Gasteiger partial charge in [0.2, 0.25) is 5.91 Å². The molecule has 0 bridgehead atoms. The zero-order valence-corrected chi connectivity index (χ0v) is 8.39. The van der Waals surface area contributed by atoms with Gasteiger partial charge < -0.3 is 10.4 Å². The Morgan fingerprint density at radius 1 is 1.31 bits per heavy atom. The summed E-state index contributed by atoms with van der Waals surface area (Å²) in [6, 6.07) is 0. The van der Waals surface area contributed by atoms with Crippen LogP contribution in [0.2, 0.25) is 0 Å². The summed E-state index contributed by atoms with van der Waals surface area (Å²) in [5.74, 6) is -0.777. The molecule has 2 N–H and O–H groups in total. The van der Waals surface area contributed by atoms with Crippen LogP contribution in [0.1, 0.15) is 27.2 Å². The number of nitrogens with one attached hydrogen (secondary N) is 1. The van der Waals surface area contributed by atoms with Crippen LogP contribution in [0, 0.1) is 5.41 Å². The number of Topliss-reactive ketones (excluding diaryl/α,β-unsaturated/α-hetero) is 1. The van der Waals surface area contributed by atoms with E-state index in [4.69, 9.17) is 5.11 Å². The second-order valence-electron chi connectivity index (χ2n) is 4.21. The Balaban J connectivity index is 3.70. The van der Waals surface area contributed by atoms with E-state index in [-0.39, 0.29) is 17.7 Å². The third-order valence-electron chi connectivity index (χ3n) is 1.35. The third-order valence-corrected chi connectivity index (χ3v) is 1.35. The SMILES string of the molecule is CC(C)(C)CNC(=O)CC(=O)CO. The summed E-state index contributed by atoms with van der Waals surface area (Å²) >= 11 is 0. The molecule has 0 aromatic carbocycles. The molecular weight excluding hydrogens is 170 g/mol. The minimum absolute atomic E-state index is 0.0118. The largest absolute Gasteiger partial charge is 0.389 e. The van der Waals surface area contributed by atoms with E-state index in [0.29, 0.717) is 6.54 Å². The number of hydrogen-bond donors (Lipinski definition) is 2. The van der Waals surface area contributed by atoms with E-state index in [1.165, 1.54) is 0 Å². The summed E-state index contributed by atoms with van der Waals surface area (Å²) in [4.78, 5) is 21.7. The Kier molecular flexibility index (Phi) is 4.62. The molecule has 0 aromatic rings. The van der Waals surface area contributed by atoms with Crippen molar-refractivity contribution in [2.75, 3.05) is 13.2 Å². The Bertz CT molecular complexity index is 194. The van der Waals surface area contributed by atoms with Crippen molar-refractivity contribution in [1.82, 2.24) is 5.32 Å². The van der Waals surface area contributed by atoms with Gasteiger partial charge in [0.25, 0.3) is 0 Å². The summed E-state index contributed by atoms with van der Waals surface area (Å²) in [5, 5.41) is 11.0. The zero-order valence-electron chi connectivity index (χ0n) is 8.39. The highest BCUT2D eigenvalue weighted by Gasteiger charge is 2.13. The fourth-order valence-corrected chi connectivity index (χ4v) is 0.661. The van der Waals surface area contributed by atoms with Crippen molar-refractivity contribution in [2.24, 2.45) is 5.41 Å². The Morgan fingerprint density at radius 3 is 2.23 bits per heavy atom. The van der Waals surface area contributed by atoms with E-state index in [1.54, 1.807) is 0 Å². The minimum atomic E-state index is -0.567. The average Bonchev–Trinajstić information content (AvgIpc) is 1.99. The van der Waals surface area contributed by atoms with Gasteiger partial charge in [-0.25, -0.2) is 0 Å². The van der Waals surface area contributed by atoms with Gasteiger partial charge in [-0.2, -0.15) is 0 Å². The number of carbonyl (C=O) groups excluding carboxylic acids is 2. The second kappa shape index (κ2) is 4.97. The number of rotatable bonds is 4. The normalized spacial score (nSPS) is 11.1. The molecule has 0 radical (unpaired) electrons. The van der Waals surface area contributed by atoms with Gasteiger partial charge in [0.15, 0.2) is 5.78 Å². The van der Waals surface area contributed by atoms with E-state index in [2.05, 4.69) is 5.32 Å². The molecule has 0 spiro atoms. The maximum Gasteiger partial charge on any atom is 0.227 e. The lowest BCUT2D eigenvalue weighted by Crippen LogP contribution is -2.33. The molecule has 0 saturated carbocycles. The lowest BCUT2D eigenvalue weighted by Gasteiger charge is -2.18. The van der Waals surface area contributed by atoms with Gasteiger partial charge >= 0.3 is 0 Å². The van der Waals surface area contributed by atoms with Crippen LogP contribution in [0.15, 0.2) is 0 Å². The number of amides is 1. The number of aliphatic hydroxyl groups is 1. The molecular formula is C9H17NO3. The molecule has 0 unspecified atom stereocenters. The lowest BCUT2D eigenvalue weighted by molar-refractivity contribution is -0.129. The summed E-state index contributed by atoms with van der Waals surface area (Å²) in [7, 11) is 0. The third kappa shape index (κ3) is 7.46. The summed E-state index contributed by atoms with van der Waals surface area (Å²) in [6.07, 6.45) is -0.230. The van der Waals surface area contributed by atoms with Crippen LogP contribution in [0.4, 0.5) is 0 Å². The fourth-order valence-electron chi connectivity index (χ4n) is 0.661. The first-order valence-electron chi connectivity index (χ1n) is 4.24. The maximum absolute atomic E-state index is 11.0. The molecule has 1 amide bonds. The number of carbonyl (C=O) groups is 2. The van der Waals surface area contributed by atoms with Crippen LogP contribution in [0.5, 0.6) is 0 Å². The lowest BCUT2D eigenvalue weighted by atomic mass is 9.97. The van der Waals surface area contributed by atoms with Crippen molar-refractivity contribution in [2.45, 2.75) is 27.2 Å². The molecule has 4 heteroatoms. The van der Waals surface area contributed by atoms with Crippen LogP contribution >= 0.6 is 0 Å². The molecule has 0 saturated heterocycles. The fraction of sp³-hybridized carbons (Fsp3) is 0.778. The van der Waals surface area contributed by atoms with E-state index in [9.17, 15) is 9.59 Å². The molecule has 76 valence electrons. The molecule has 13 heavy (non-hydrogen) atoms. The Hall–Kier alpha value is -0.900. The van der Waals surface area contributed by atoms with Gasteiger partial charge in [0.05, 0.1) is 6.42 Å². The Morgan fingerprint density at radius 2 is 1.85 bits per heavy atom. The highest BCUT2D eigenvalue weighted by molar-refractivity contribution is 5.98. The predicted octanol–water partition coefficient (Wildman–Crippen LogP) is 0.100. The van der Waals surface area contributed by atoms with Crippen LogP contribution in [-0.2, 0) is 9.59 Å². The smallest absolute Gasteiger partial charge is 0.227 e. The summed E-state index contributed by atoms with van der Waals surface area (Å²) < 4.78 is 0. The summed E-state index contributed by atoms with van der Waals surface area (Å²) in [5.41, 5.74) is 0.0118. The second-order valence-corrected chi connectivity index (χ2v) is 4.21. The van der Waals surface area contributed by atoms with Crippen molar-refractivity contribution in [3.63, 3.8) is 0 Å². The summed E-state index contributed by atoms with van der Waals surface area (Å²) in [6.45, 7) is 5.93. The van der Waals surface area contributed by atoms with Gasteiger partial charge in [-0.05, 0) is 5.41 Å². The van der Waals surface area contributed by atoms with Crippen molar-refractivity contribution < 1.29 is 14.7 Å². The average molecular weight is 187 g/mol. The maximum atomic E-state index is 11.0. The standard InChI is InChI=1S/C9H17NO3/c1-9(2,3)6-10-8(13)4-7(12)5-11/h11H,4-6H2,1-3H3,(H,10,13). The van der Waals surface area contributed by atoms with E-state index < -0.39 is 12.4 Å². The predicted molar refractivity (Wildman–Crippen MR) is 49.2 cm³/mol. The monoisotopic (exact) mass is 187 g/mol. The van der Waals surface area contributed by atoms with Gasteiger partial charge in [-0.15, -0.1) is 0 Å². The van der Waals surface area contributed by atoms with Crippen LogP contribution < -0.4 is 5.32 Å².